The molecule has 180 valence electrons. The number of benzene rings is 1. The average molecular weight is 486 g/mol. The zero-order valence-corrected chi connectivity index (χ0v) is 20.1. The maximum absolute atomic E-state index is 13.1. The summed E-state index contributed by atoms with van der Waals surface area (Å²) in [6.45, 7) is 6.27. The minimum atomic E-state index is -0.809. The van der Waals surface area contributed by atoms with Crippen molar-refractivity contribution in [3.05, 3.63) is 56.3 Å². The Labute approximate surface area is 201 Å². The lowest BCUT2D eigenvalue weighted by Gasteiger charge is -2.24. The Morgan fingerprint density at radius 1 is 1.38 bits per heavy atom. The zero-order valence-electron chi connectivity index (χ0n) is 19.2. The third-order valence-corrected chi connectivity index (χ3v) is 6.08. The van der Waals surface area contributed by atoms with Crippen molar-refractivity contribution in [3.63, 3.8) is 0 Å². The smallest absolute Gasteiger partial charge is 0.408 e. The molecule has 2 heterocycles. The van der Waals surface area contributed by atoms with Crippen LogP contribution in [0.15, 0.2) is 35.7 Å². The Morgan fingerprint density at radius 3 is 2.76 bits per heavy atom. The number of non-ortho nitro benzene ring substituents is 1. The first kappa shape index (κ1) is 25.0. The second-order valence-corrected chi connectivity index (χ2v) is 10.0. The third kappa shape index (κ3) is 6.68. The first-order valence-electron chi connectivity index (χ1n) is 10.8. The van der Waals surface area contributed by atoms with Crippen molar-refractivity contribution in [2.75, 3.05) is 18.0 Å². The molecule has 1 saturated heterocycles. The van der Waals surface area contributed by atoms with Crippen LogP contribution >= 0.6 is 11.3 Å². The predicted molar refractivity (Wildman–Crippen MR) is 128 cm³/mol. The number of rotatable bonds is 7. The Kier molecular flexibility index (Phi) is 7.73. The van der Waals surface area contributed by atoms with Gasteiger partial charge in [-0.15, -0.1) is 11.3 Å². The van der Waals surface area contributed by atoms with E-state index in [-0.39, 0.29) is 23.2 Å². The summed E-state index contributed by atoms with van der Waals surface area (Å²) in [4.78, 5) is 38.8. The van der Waals surface area contributed by atoms with E-state index in [1.165, 1.54) is 23.5 Å². The molecule has 1 aromatic heterocycles. The number of thiophene rings is 1. The van der Waals surface area contributed by atoms with Crippen LogP contribution in [0.3, 0.4) is 0 Å². The minimum Gasteiger partial charge on any atom is -0.444 e. The molecule has 1 fully saturated rings. The first-order chi connectivity index (χ1) is 16.1. The highest BCUT2D eigenvalue weighted by Crippen LogP contribution is 2.28. The minimum absolute atomic E-state index is 0.144. The van der Waals surface area contributed by atoms with E-state index in [2.05, 4.69) is 10.6 Å². The summed E-state index contributed by atoms with van der Waals surface area (Å²) in [5.41, 5.74) is -0.0346. The van der Waals surface area contributed by atoms with Gasteiger partial charge in [-0.25, -0.2) is 4.79 Å². The summed E-state index contributed by atoms with van der Waals surface area (Å²) in [5.74, 6) is -0.324. The molecule has 3 rings (SSSR count). The van der Waals surface area contributed by atoms with Crippen LogP contribution in [0.25, 0.3) is 0 Å². The monoisotopic (exact) mass is 485 g/mol. The molecule has 0 radical (unpaired) electrons. The fourth-order valence-electron chi connectivity index (χ4n) is 3.69. The number of hydrogen-bond acceptors (Lipinski definition) is 8. The van der Waals surface area contributed by atoms with Gasteiger partial charge in [-0.05, 0) is 44.7 Å². The van der Waals surface area contributed by atoms with Crippen molar-refractivity contribution in [1.82, 2.24) is 10.6 Å². The molecule has 34 heavy (non-hydrogen) atoms. The zero-order chi connectivity index (χ0) is 24.9. The van der Waals surface area contributed by atoms with Crippen molar-refractivity contribution >= 4 is 34.7 Å². The van der Waals surface area contributed by atoms with Gasteiger partial charge in [-0.1, -0.05) is 6.07 Å². The number of nitrogens with zero attached hydrogens (tertiary/aromatic N) is 3. The summed E-state index contributed by atoms with van der Waals surface area (Å²) in [5, 5.41) is 28.0. The van der Waals surface area contributed by atoms with Gasteiger partial charge < -0.3 is 20.3 Å². The molecule has 10 nitrogen and oxygen atoms in total. The lowest BCUT2D eigenvalue weighted by molar-refractivity contribution is -0.384. The lowest BCUT2D eigenvalue weighted by Crippen LogP contribution is -2.52. The molecule has 0 unspecified atom stereocenters. The molecule has 2 amide bonds. The van der Waals surface area contributed by atoms with E-state index in [1.807, 2.05) is 28.5 Å². The van der Waals surface area contributed by atoms with Crippen molar-refractivity contribution in [3.8, 4) is 6.07 Å². The quantitative estimate of drug-likeness (QED) is 0.453. The molecule has 0 aliphatic carbocycles. The standard InChI is InChI=1S/C23H27N5O5S/c1-23(2,3)33-22(30)26-19(12-18-5-4-10-34-18)21(29)25-16-8-9-27(14-16)20-7-6-17(28(31)32)11-15(20)13-24/h4-7,10-11,16,19H,8-9,12,14H2,1-3H3,(H,25,29)(H,26,30)/t16-,19-/m0/s1. The molecule has 1 aromatic carbocycles. The number of carbonyl (C=O) groups is 2. The number of nitrogens with one attached hydrogen (secondary N) is 2. The van der Waals surface area contributed by atoms with E-state index in [1.54, 1.807) is 26.8 Å². The number of nitro groups is 1. The normalized spacial score (nSPS) is 16.4. The Morgan fingerprint density at radius 2 is 2.15 bits per heavy atom. The van der Waals surface area contributed by atoms with Gasteiger partial charge in [0.05, 0.1) is 16.2 Å². The van der Waals surface area contributed by atoms with Crippen molar-refractivity contribution in [1.29, 1.82) is 5.26 Å². The third-order valence-electron chi connectivity index (χ3n) is 5.18. The van der Waals surface area contributed by atoms with Crippen molar-refractivity contribution < 1.29 is 19.2 Å². The summed E-state index contributed by atoms with van der Waals surface area (Å²) in [7, 11) is 0. The summed E-state index contributed by atoms with van der Waals surface area (Å²) >= 11 is 1.50. The number of carbonyl (C=O) groups excluding carboxylic acids is 2. The van der Waals surface area contributed by atoms with Gasteiger partial charge in [0.2, 0.25) is 5.91 Å². The van der Waals surface area contributed by atoms with E-state index in [0.29, 0.717) is 31.6 Å². The number of amides is 2. The number of hydrogen-bond donors (Lipinski definition) is 2. The maximum atomic E-state index is 13.1. The van der Waals surface area contributed by atoms with Crippen LogP contribution in [0, 0.1) is 21.4 Å². The lowest BCUT2D eigenvalue weighted by atomic mass is 10.1. The van der Waals surface area contributed by atoms with Crippen LogP contribution < -0.4 is 15.5 Å². The summed E-state index contributed by atoms with van der Waals surface area (Å²) in [6.07, 6.45) is 0.299. The number of alkyl carbamates (subject to hydrolysis) is 1. The highest BCUT2D eigenvalue weighted by Gasteiger charge is 2.30. The topological polar surface area (TPSA) is 138 Å². The molecule has 0 saturated carbocycles. The van der Waals surface area contributed by atoms with E-state index in [9.17, 15) is 25.0 Å². The highest BCUT2D eigenvalue weighted by atomic mass is 32.1. The fourth-order valence-corrected chi connectivity index (χ4v) is 4.44. The van der Waals surface area contributed by atoms with Gasteiger partial charge in [-0.2, -0.15) is 5.26 Å². The van der Waals surface area contributed by atoms with Crippen LogP contribution in [0.1, 0.15) is 37.6 Å². The number of nitro benzene ring substituents is 1. The molecule has 2 N–H and O–H groups in total. The molecule has 2 aromatic rings. The first-order valence-corrected chi connectivity index (χ1v) is 11.7. The van der Waals surface area contributed by atoms with Gasteiger partial charge in [0, 0.05) is 42.6 Å². The van der Waals surface area contributed by atoms with Gasteiger partial charge in [0.25, 0.3) is 5.69 Å². The number of anilines is 1. The van der Waals surface area contributed by atoms with Crippen LogP contribution in [0.2, 0.25) is 0 Å². The largest absolute Gasteiger partial charge is 0.444 e. The van der Waals surface area contributed by atoms with Crippen molar-refractivity contribution in [2.24, 2.45) is 0 Å². The van der Waals surface area contributed by atoms with Gasteiger partial charge in [0.1, 0.15) is 17.7 Å². The summed E-state index contributed by atoms with van der Waals surface area (Å²) < 4.78 is 5.32. The maximum Gasteiger partial charge on any atom is 0.408 e. The van der Waals surface area contributed by atoms with Crippen LogP contribution in [-0.4, -0.2) is 47.7 Å². The Bertz CT molecular complexity index is 1090. The highest BCUT2D eigenvalue weighted by molar-refractivity contribution is 7.09. The van der Waals surface area contributed by atoms with Crippen LogP contribution in [0.4, 0.5) is 16.2 Å². The van der Waals surface area contributed by atoms with Crippen molar-refractivity contribution in [2.45, 2.75) is 51.3 Å². The van der Waals surface area contributed by atoms with E-state index in [0.717, 1.165) is 4.88 Å². The molecule has 2 atom stereocenters. The van der Waals surface area contributed by atoms with E-state index < -0.39 is 22.7 Å². The SMILES string of the molecule is CC(C)(C)OC(=O)N[C@@H](Cc1cccs1)C(=O)N[C@H]1CCN(c2ccc([N+](=O)[O-])cc2C#N)C1. The predicted octanol–water partition coefficient (Wildman–Crippen LogP) is 3.36. The Hall–Kier alpha value is -3.65. The Balaban J connectivity index is 1.67. The van der Waals surface area contributed by atoms with Gasteiger partial charge in [-0.3, -0.25) is 14.9 Å². The second kappa shape index (κ2) is 10.5. The molecular formula is C23H27N5O5S. The van der Waals surface area contributed by atoms with Crippen LogP contribution in [0.5, 0.6) is 0 Å². The average Bonchev–Trinajstić information content (AvgIpc) is 3.43. The van der Waals surface area contributed by atoms with Crippen LogP contribution in [-0.2, 0) is 16.0 Å². The number of ether oxygens (including phenoxy) is 1. The van der Waals surface area contributed by atoms with E-state index >= 15 is 0 Å². The van der Waals surface area contributed by atoms with Gasteiger partial charge >= 0.3 is 6.09 Å². The van der Waals surface area contributed by atoms with E-state index in [4.69, 9.17) is 4.74 Å². The molecule has 0 bridgehead atoms. The number of nitriles is 1. The fraction of sp³-hybridized carbons (Fsp3) is 0.435. The molecular weight excluding hydrogens is 458 g/mol. The second-order valence-electron chi connectivity index (χ2n) is 8.99. The summed E-state index contributed by atoms with van der Waals surface area (Å²) in [6, 6.07) is 8.96. The molecule has 0 spiro atoms. The molecule has 1 aliphatic heterocycles. The van der Waals surface area contributed by atoms with Gasteiger partial charge in [0.15, 0.2) is 0 Å². The molecule has 11 heteroatoms. The molecule has 1 aliphatic rings.